The van der Waals surface area contributed by atoms with E-state index in [1.807, 2.05) is 35.9 Å². The Bertz CT molecular complexity index is 529. The predicted molar refractivity (Wildman–Crippen MR) is 71.7 cm³/mol. The van der Waals surface area contributed by atoms with Crippen molar-refractivity contribution in [2.45, 2.75) is 26.4 Å². The van der Waals surface area contributed by atoms with Gasteiger partial charge in [0.25, 0.3) is 0 Å². The number of halogens is 1. The van der Waals surface area contributed by atoms with E-state index < -0.39 is 0 Å². The molecule has 0 aliphatic rings. The van der Waals surface area contributed by atoms with Crippen LogP contribution in [0.4, 0.5) is 0 Å². The van der Waals surface area contributed by atoms with Crippen LogP contribution in [0.1, 0.15) is 24.0 Å². The molecule has 1 N–H and O–H groups in total. The van der Waals surface area contributed by atoms with Crippen molar-refractivity contribution in [1.29, 1.82) is 0 Å². The Morgan fingerprint density at radius 2 is 2.22 bits per heavy atom. The van der Waals surface area contributed by atoms with Gasteiger partial charge in [-0.2, -0.15) is 5.10 Å². The lowest BCUT2D eigenvalue weighted by Gasteiger charge is -2.03. The van der Waals surface area contributed by atoms with Crippen LogP contribution in [-0.4, -0.2) is 26.4 Å². The quantitative estimate of drug-likeness (QED) is 0.895. The van der Waals surface area contributed by atoms with Crippen molar-refractivity contribution < 1.29 is 0 Å². The first kappa shape index (κ1) is 13.1. The first-order valence-corrected chi connectivity index (χ1v) is 6.39. The fourth-order valence-corrected chi connectivity index (χ4v) is 2.28. The Labute approximate surface area is 112 Å². The molecule has 2 heterocycles. The molecule has 0 saturated heterocycles. The van der Waals surface area contributed by atoms with Gasteiger partial charge in [0.1, 0.15) is 0 Å². The number of nitrogens with zero attached hydrogens (tertiary/aromatic N) is 4. The number of hydrogen-bond acceptors (Lipinski definition) is 3. The van der Waals surface area contributed by atoms with Gasteiger partial charge in [0.2, 0.25) is 0 Å². The first-order valence-electron chi connectivity index (χ1n) is 6.01. The molecule has 0 fully saturated rings. The van der Waals surface area contributed by atoms with Crippen LogP contribution in [0.3, 0.4) is 0 Å². The summed E-state index contributed by atoms with van der Waals surface area (Å²) in [7, 11) is 3.83. The molecule has 0 aliphatic carbocycles. The largest absolute Gasteiger partial charge is 0.331 e. The van der Waals surface area contributed by atoms with E-state index in [-0.39, 0.29) is 0 Å². The molecule has 0 aliphatic heterocycles. The maximum Gasteiger partial charge on any atom is 0.0953 e. The van der Waals surface area contributed by atoms with Crippen LogP contribution in [0.2, 0.25) is 5.02 Å². The lowest BCUT2D eigenvalue weighted by molar-refractivity contribution is 0.659. The fraction of sp³-hybridized carbons (Fsp3) is 0.500. The summed E-state index contributed by atoms with van der Waals surface area (Å²) in [6.45, 7) is 3.52. The zero-order chi connectivity index (χ0) is 13.1. The molecule has 18 heavy (non-hydrogen) atoms. The van der Waals surface area contributed by atoms with Crippen molar-refractivity contribution >= 4 is 11.6 Å². The van der Waals surface area contributed by atoms with Crippen LogP contribution in [-0.2, 0) is 26.6 Å². The monoisotopic (exact) mass is 267 g/mol. The molecule has 0 spiro atoms. The van der Waals surface area contributed by atoms with Crippen LogP contribution >= 0.6 is 11.6 Å². The minimum absolute atomic E-state index is 0.693. The SMILES string of the molecule is CCc1nn(C)c(Cn2cnc(CNC)c2)c1Cl. The van der Waals surface area contributed by atoms with Crippen LogP contribution in [0.15, 0.2) is 12.5 Å². The number of rotatable bonds is 5. The van der Waals surface area contributed by atoms with Crippen LogP contribution in [0.5, 0.6) is 0 Å². The van der Waals surface area contributed by atoms with E-state index in [0.29, 0.717) is 6.54 Å². The number of aryl methyl sites for hydroxylation is 2. The minimum atomic E-state index is 0.693. The van der Waals surface area contributed by atoms with Crippen molar-refractivity contribution in [2.75, 3.05) is 7.05 Å². The third-order valence-electron chi connectivity index (χ3n) is 2.88. The van der Waals surface area contributed by atoms with Crippen molar-refractivity contribution in [3.63, 3.8) is 0 Å². The second kappa shape index (κ2) is 5.54. The van der Waals surface area contributed by atoms with Gasteiger partial charge >= 0.3 is 0 Å². The van der Waals surface area contributed by atoms with E-state index in [1.54, 1.807) is 0 Å². The standard InChI is InChI=1S/C12H18ClN5/c1-4-10-12(13)11(17(3)16-10)7-18-6-9(5-14-2)15-8-18/h6,8,14H,4-5,7H2,1-3H3. The highest BCUT2D eigenvalue weighted by Crippen LogP contribution is 2.21. The van der Waals surface area contributed by atoms with Gasteiger partial charge in [0.15, 0.2) is 0 Å². The van der Waals surface area contributed by atoms with Crippen LogP contribution in [0, 0.1) is 0 Å². The summed E-state index contributed by atoms with van der Waals surface area (Å²) in [5.74, 6) is 0. The summed E-state index contributed by atoms with van der Waals surface area (Å²) >= 11 is 6.32. The number of imidazole rings is 1. The van der Waals surface area contributed by atoms with E-state index in [1.165, 1.54) is 0 Å². The second-order valence-electron chi connectivity index (χ2n) is 4.25. The molecular weight excluding hydrogens is 250 g/mol. The van der Waals surface area contributed by atoms with E-state index in [0.717, 1.165) is 35.1 Å². The first-order chi connectivity index (χ1) is 8.65. The summed E-state index contributed by atoms with van der Waals surface area (Å²) in [5, 5.41) is 8.25. The van der Waals surface area contributed by atoms with Crippen LogP contribution < -0.4 is 5.32 Å². The van der Waals surface area contributed by atoms with Crippen molar-refractivity contribution in [1.82, 2.24) is 24.6 Å². The lowest BCUT2D eigenvalue weighted by Crippen LogP contribution is -2.06. The molecule has 0 bridgehead atoms. The van der Waals surface area contributed by atoms with Crippen LogP contribution in [0.25, 0.3) is 0 Å². The van der Waals surface area contributed by atoms with Crippen molar-refractivity contribution in [3.8, 4) is 0 Å². The average Bonchev–Trinajstić information content (AvgIpc) is 2.89. The van der Waals surface area contributed by atoms with Gasteiger partial charge in [-0.05, 0) is 13.5 Å². The highest BCUT2D eigenvalue weighted by molar-refractivity contribution is 6.31. The van der Waals surface area contributed by atoms with E-state index in [9.17, 15) is 0 Å². The smallest absolute Gasteiger partial charge is 0.0953 e. The molecule has 2 aromatic heterocycles. The fourth-order valence-electron chi connectivity index (χ4n) is 1.93. The maximum absolute atomic E-state index is 6.32. The molecule has 98 valence electrons. The summed E-state index contributed by atoms with van der Waals surface area (Å²) in [5.41, 5.74) is 2.98. The van der Waals surface area contributed by atoms with Gasteiger partial charge < -0.3 is 9.88 Å². The Kier molecular flexibility index (Phi) is 4.04. The Balaban J connectivity index is 2.20. The zero-order valence-electron chi connectivity index (χ0n) is 10.9. The van der Waals surface area contributed by atoms with Gasteiger partial charge in [-0.1, -0.05) is 18.5 Å². The summed E-state index contributed by atoms with van der Waals surface area (Å²) in [6, 6.07) is 0. The second-order valence-corrected chi connectivity index (χ2v) is 4.63. The Hall–Kier alpha value is -1.33. The molecule has 2 aromatic rings. The topological polar surface area (TPSA) is 47.7 Å². The zero-order valence-corrected chi connectivity index (χ0v) is 11.7. The molecule has 0 saturated carbocycles. The highest BCUT2D eigenvalue weighted by atomic mass is 35.5. The molecule has 5 nitrogen and oxygen atoms in total. The summed E-state index contributed by atoms with van der Waals surface area (Å²) in [6.07, 6.45) is 4.69. The van der Waals surface area contributed by atoms with Gasteiger partial charge in [0.05, 0.1) is 35.0 Å². The maximum atomic E-state index is 6.32. The molecule has 0 aromatic carbocycles. The van der Waals surface area contributed by atoms with E-state index in [2.05, 4.69) is 22.3 Å². The molecule has 0 atom stereocenters. The average molecular weight is 268 g/mol. The summed E-state index contributed by atoms with van der Waals surface area (Å²) in [4.78, 5) is 4.32. The molecular formula is C12H18ClN5. The summed E-state index contributed by atoms with van der Waals surface area (Å²) < 4.78 is 3.87. The number of nitrogens with one attached hydrogen (secondary N) is 1. The number of aromatic nitrogens is 4. The molecule has 0 unspecified atom stereocenters. The minimum Gasteiger partial charge on any atom is -0.331 e. The molecule has 0 radical (unpaired) electrons. The van der Waals surface area contributed by atoms with Gasteiger partial charge in [-0.3, -0.25) is 4.68 Å². The molecule has 0 amide bonds. The van der Waals surface area contributed by atoms with Gasteiger partial charge in [-0.15, -0.1) is 0 Å². The third-order valence-corrected chi connectivity index (χ3v) is 3.32. The Morgan fingerprint density at radius 3 is 2.83 bits per heavy atom. The molecule has 2 rings (SSSR count). The molecule has 6 heteroatoms. The lowest BCUT2D eigenvalue weighted by atomic mass is 10.3. The van der Waals surface area contributed by atoms with Crippen molar-refractivity contribution in [2.24, 2.45) is 7.05 Å². The normalized spacial score (nSPS) is 11.1. The van der Waals surface area contributed by atoms with Crippen molar-refractivity contribution in [3.05, 3.63) is 34.6 Å². The van der Waals surface area contributed by atoms with E-state index >= 15 is 0 Å². The number of hydrogen-bond donors (Lipinski definition) is 1. The predicted octanol–water partition coefficient (Wildman–Crippen LogP) is 1.60. The highest BCUT2D eigenvalue weighted by Gasteiger charge is 2.13. The van der Waals surface area contributed by atoms with Gasteiger partial charge in [0, 0.05) is 19.8 Å². The third kappa shape index (κ3) is 2.57. The van der Waals surface area contributed by atoms with E-state index in [4.69, 9.17) is 11.6 Å². The Morgan fingerprint density at radius 1 is 1.44 bits per heavy atom. The van der Waals surface area contributed by atoms with Gasteiger partial charge in [-0.25, -0.2) is 4.98 Å².